The first-order valence-electron chi connectivity index (χ1n) is 4.86. The molecule has 5 nitrogen and oxygen atoms in total. The Kier molecular flexibility index (Phi) is 2.37. The highest BCUT2D eigenvalue weighted by Crippen LogP contribution is 2.10. The summed E-state index contributed by atoms with van der Waals surface area (Å²) in [6.45, 7) is 2.04. The van der Waals surface area contributed by atoms with E-state index in [0.29, 0.717) is 6.42 Å². The molecule has 2 rings (SSSR count). The molecule has 0 atom stereocenters. The van der Waals surface area contributed by atoms with E-state index in [-0.39, 0.29) is 5.84 Å². The van der Waals surface area contributed by atoms with Gasteiger partial charge in [-0.1, -0.05) is 13.0 Å². The first-order valence-corrected chi connectivity index (χ1v) is 4.86. The molecule has 0 aliphatic heterocycles. The Bertz CT molecular complexity index is 499. The van der Waals surface area contributed by atoms with Crippen LogP contribution in [0.1, 0.15) is 18.3 Å². The first kappa shape index (κ1) is 9.64. The van der Waals surface area contributed by atoms with Crippen LogP contribution in [0.25, 0.3) is 5.65 Å². The molecule has 0 radical (unpaired) electrons. The second-order valence-corrected chi connectivity index (χ2v) is 3.40. The van der Waals surface area contributed by atoms with E-state index in [0.717, 1.165) is 23.5 Å². The van der Waals surface area contributed by atoms with Gasteiger partial charge in [0, 0.05) is 24.6 Å². The maximum Gasteiger partial charge on any atom is 0.164 e. The number of fused-ring (bicyclic) bond motifs is 1. The zero-order valence-electron chi connectivity index (χ0n) is 8.57. The monoisotopic (exact) mass is 203 g/mol. The van der Waals surface area contributed by atoms with Gasteiger partial charge in [0.2, 0.25) is 0 Å². The molecule has 0 bridgehead atoms. The molecule has 0 aliphatic carbocycles. The molecule has 15 heavy (non-hydrogen) atoms. The molecule has 0 aromatic carbocycles. The van der Waals surface area contributed by atoms with E-state index in [1.54, 1.807) is 0 Å². The summed E-state index contributed by atoms with van der Waals surface area (Å²) in [5.74, 6) is 1.07. The fraction of sp³-hybridized carbons (Fsp3) is 0.300. The number of rotatable bonds is 3. The quantitative estimate of drug-likeness (QED) is 0.571. The summed E-state index contributed by atoms with van der Waals surface area (Å²) < 4.78 is 1.94. The average Bonchev–Trinajstić information content (AvgIpc) is 2.61. The van der Waals surface area contributed by atoms with Gasteiger partial charge in [-0.15, -0.1) is 10.2 Å². The van der Waals surface area contributed by atoms with Gasteiger partial charge in [0.1, 0.15) is 5.82 Å². The Morgan fingerprint density at radius 3 is 3.00 bits per heavy atom. The number of aryl methyl sites for hydroxylation is 1. The Balaban J connectivity index is 2.56. The smallest absolute Gasteiger partial charge is 0.164 e. The molecule has 78 valence electrons. The molecule has 3 N–H and O–H groups in total. The second-order valence-electron chi connectivity index (χ2n) is 3.40. The minimum atomic E-state index is 0.143. The molecule has 2 aromatic rings. The van der Waals surface area contributed by atoms with E-state index in [9.17, 15) is 0 Å². The van der Waals surface area contributed by atoms with E-state index in [4.69, 9.17) is 11.1 Å². The van der Waals surface area contributed by atoms with Crippen molar-refractivity contribution in [3.05, 3.63) is 29.7 Å². The maximum atomic E-state index is 7.28. The van der Waals surface area contributed by atoms with Crippen LogP contribution in [-0.4, -0.2) is 20.4 Å². The standard InChI is InChI=1S/C10H13N5/c1-2-9-13-14-10-7(6-8(11)12)4-3-5-15(9)10/h3-5H,2,6H2,1H3,(H3,11,12). The minimum Gasteiger partial charge on any atom is -0.387 e. The van der Waals surface area contributed by atoms with E-state index >= 15 is 0 Å². The van der Waals surface area contributed by atoms with E-state index < -0.39 is 0 Å². The van der Waals surface area contributed by atoms with Crippen LogP contribution in [0.15, 0.2) is 18.3 Å². The van der Waals surface area contributed by atoms with E-state index in [2.05, 4.69) is 10.2 Å². The highest BCUT2D eigenvalue weighted by molar-refractivity contribution is 5.81. The summed E-state index contributed by atoms with van der Waals surface area (Å²) in [4.78, 5) is 0. The topological polar surface area (TPSA) is 80.1 Å². The number of aromatic nitrogens is 3. The van der Waals surface area contributed by atoms with Crippen LogP contribution >= 0.6 is 0 Å². The molecule has 5 heteroatoms. The third-order valence-corrected chi connectivity index (χ3v) is 2.28. The van der Waals surface area contributed by atoms with Gasteiger partial charge >= 0.3 is 0 Å². The second kappa shape index (κ2) is 3.68. The summed E-state index contributed by atoms with van der Waals surface area (Å²) in [7, 11) is 0. The number of nitrogens with one attached hydrogen (secondary N) is 1. The number of nitrogens with zero attached hydrogens (tertiary/aromatic N) is 3. The van der Waals surface area contributed by atoms with Crippen LogP contribution in [0.5, 0.6) is 0 Å². The Morgan fingerprint density at radius 1 is 1.53 bits per heavy atom. The van der Waals surface area contributed by atoms with Gasteiger partial charge in [-0.05, 0) is 6.07 Å². The summed E-state index contributed by atoms with van der Waals surface area (Å²) in [6, 6.07) is 3.85. The lowest BCUT2D eigenvalue weighted by atomic mass is 10.2. The summed E-state index contributed by atoms with van der Waals surface area (Å²) in [5.41, 5.74) is 7.12. The van der Waals surface area contributed by atoms with Crippen molar-refractivity contribution in [2.45, 2.75) is 19.8 Å². The fourth-order valence-electron chi connectivity index (χ4n) is 1.60. The SMILES string of the molecule is CCc1nnc2c(CC(=N)N)cccn12. The zero-order valence-corrected chi connectivity index (χ0v) is 8.57. The zero-order chi connectivity index (χ0) is 10.8. The normalized spacial score (nSPS) is 10.7. The summed E-state index contributed by atoms with van der Waals surface area (Å²) >= 11 is 0. The van der Waals surface area contributed by atoms with Crippen LogP contribution in [0.4, 0.5) is 0 Å². The lowest BCUT2D eigenvalue weighted by Gasteiger charge is -2.02. The van der Waals surface area contributed by atoms with Gasteiger partial charge in [0.15, 0.2) is 5.65 Å². The molecule has 0 unspecified atom stereocenters. The molecule has 0 amide bonds. The van der Waals surface area contributed by atoms with Crippen LogP contribution in [0, 0.1) is 5.41 Å². The molecule has 0 saturated carbocycles. The average molecular weight is 203 g/mol. The van der Waals surface area contributed by atoms with Crippen molar-refractivity contribution in [1.29, 1.82) is 5.41 Å². The van der Waals surface area contributed by atoms with Crippen molar-refractivity contribution in [3.63, 3.8) is 0 Å². The third kappa shape index (κ3) is 1.68. The molecule has 0 spiro atoms. The number of nitrogens with two attached hydrogens (primary N) is 1. The van der Waals surface area contributed by atoms with Gasteiger partial charge in [-0.2, -0.15) is 0 Å². The van der Waals surface area contributed by atoms with Crippen molar-refractivity contribution in [2.24, 2.45) is 5.73 Å². The van der Waals surface area contributed by atoms with Crippen molar-refractivity contribution in [1.82, 2.24) is 14.6 Å². The number of amidine groups is 1. The molecular formula is C10H13N5. The van der Waals surface area contributed by atoms with E-state index in [1.165, 1.54) is 0 Å². The molecular weight excluding hydrogens is 190 g/mol. The lowest BCUT2D eigenvalue weighted by Crippen LogP contribution is -2.13. The van der Waals surface area contributed by atoms with Crippen molar-refractivity contribution in [3.8, 4) is 0 Å². The van der Waals surface area contributed by atoms with Gasteiger partial charge in [-0.3, -0.25) is 9.81 Å². The van der Waals surface area contributed by atoms with Crippen LogP contribution in [0.2, 0.25) is 0 Å². The third-order valence-electron chi connectivity index (χ3n) is 2.28. The number of pyridine rings is 1. The molecule has 0 fully saturated rings. The fourth-order valence-corrected chi connectivity index (χ4v) is 1.60. The molecule has 2 heterocycles. The number of hydrogen-bond donors (Lipinski definition) is 2. The van der Waals surface area contributed by atoms with Gasteiger partial charge in [0.05, 0.1) is 5.84 Å². The Labute approximate surface area is 87.4 Å². The van der Waals surface area contributed by atoms with Crippen LogP contribution in [-0.2, 0) is 12.8 Å². The Hall–Kier alpha value is -1.91. The molecule has 0 saturated heterocycles. The van der Waals surface area contributed by atoms with Gasteiger partial charge < -0.3 is 5.73 Å². The highest BCUT2D eigenvalue weighted by Gasteiger charge is 2.07. The molecule has 0 aliphatic rings. The maximum absolute atomic E-state index is 7.28. The first-order chi connectivity index (χ1) is 7.22. The van der Waals surface area contributed by atoms with Gasteiger partial charge in [-0.25, -0.2) is 0 Å². The lowest BCUT2D eigenvalue weighted by molar-refractivity contribution is 0.909. The summed E-state index contributed by atoms with van der Waals surface area (Å²) in [6.07, 6.45) is 3.19. The molecule has 2 aromatic heterocycles. The minimum absolute atomic E-state index is 0.143. The van der Waals surface area contributed by atoms with Crippen LogP contribution < -0.4 is 5.73 Å². The summed E-state index contributed by atoms with van der Waals surface area (Å²) in [5, 5.41) is 15.5. The predicted octanol–water partition coefficient (Wildman–Crippen LogP) is 0.770. The number of hydrogen-bond acceptors (Lipinski definition) is 3. The predicted molar refractivity (Wildman–Crippen MR) is 58.0 cm³/mol. The van der Waals surface area contributed by atoms with Crippen molar-refractivity contribution < 1.29 is 0 Å². The van der Waals surface area contributed by atoms with Crippen molar-refractivity contribution in [2.75, 3.05) is 0 Å². The highest BCUT2D eigenvalue weighted by atomic mass is 15.2. The van der Waals surface area contributed by atoms with Crippen LogP contribution in [0.3, 0.4) is 0 Å². The Morgan fingerprint density at radius 2 is 2.33 bits per heavy atom. The largest absolute Gasteiger partial charge is 0.387 e. The van der Waals surface area contributed by atoms with Crippen molar-refractivity contribution >= 4 is 11.5 Å². The van der Waals surface area contributed by atoms with Gasteiger partial charge in [0.25, 0.3) is 0 Å². The van der Waals surface area contributed by atoms with E-state index in [1.807, 2.05) is 29.7 Å².